The van der Waals surface area contributed by atoms with E-state index in [1.807, 2.05) is 60.7 Å². The lowest BCUT2D eigenvalue weighted by atomic mass is 10.3. The van der Waals surface area contributed by atoms with Gasteiger partial charge in [0.25, 0.3) is 0 Å². The largest absolute Gasteiger partial charge is 0.204 e. The minimum atomic E-state index is -1.73. The third-order valence-corrected chi connectivity index (χ3v) is 10.5. The second-order valence-corrected chi connectivity index (χ2v) is 12.1. The Hall–Kier alpha value is -2.68. The van der Waals surface area contributed by atoms with Gasteiger partial charge in [0.2, 0.25) is 0 Å². The maximum absolute atomic E-state index is 14.1. The number of rotatable bonds is 7. The molecule has 0 atom stereocenters. The van der Waals surface area contributed by atoms with Crippen molar-refractivity contribution in [3.63, 3.8) is 0 Å². The third-order valence-electron chi connectivity index (χ3n) is 5.24. The number of benzene rings is 4. The molecule has 0 bridgehead atoms. The minimum absolute atomic E-state index is 0.0767. The van der Waals surface area contributed by atoms with Crippen molar-refractivity contribution < 1.29 is 26.3 Å². The van der Waals surface area contributed by atoms with Gasteiger partial charge in [-0.25, -0.2) is 26.3 Å². The van der Waals surface area contributed by atoms with Crippen molar-refractivity contribution in [3.05, 3.63) is 120 Å². The quantitative estimate of drug-likeness (QED) is 0.162. The second kappa shape index (κ2) is 10.7. The van der Waals surface area contributed by atoms with Gasteiger partial charge in [0.1, 0.15) is 0 Å². The van der Waals surface area contributed by atoms with Gasteiger partial charge < -0.3 is 0 Å². The summed E-state index contributed by atoms with van der Waals surface area (Å²) in [6.45, 7) is 0. The van der Waals surface area contributed by atoms with E-state index in [0.29, 0.717) is 12.3 Å². The molecule has 174 valence electrons. The molecular formula is C26H18F6P2. The topological polar surface area (TPSA) is 0 Å². The Bertz CT molecular complexity index is 1140. The van der Waals surface area contributed by atoms with Crippen LogP contribution in [0.1, 0.15) is 0 Å². The Morgan fingerprint density at radius 3 is 1.03 bits per heavy atom. The predicted octanol–water partition coefficient (Wildman–Crippen LogP) is 6.09. The highest BCUT2D eigenvalue weighted by Crippen LogP contribution is 2.42. The Balaban J connectivity index is 1.76. The SMILES string of the molecule is Fc1cc(P(CCP(c2ccccc2)c2ccccc2)c2cc(F)c(F)c(F)c2)cc(F)c1F. The van der Waals surface area contributed by atoms with E-state index in [-0.39, 0.29) is 10.6 Å². The molecule has 0 N–H and O–H groups in total. The van der Waals surface area contributed by atoms with Gasteiger partial charge in [-0.3, -0.25) is 0 Å². The molecule has 0 unspecified atom stereocenters. The third kappa shape index (κ3) is 5.35. The zero-order valence-corrected chi connectivity index (χ0v) is 19.4. The summed E-state index contributed by atoms with van der Waals surface area (Å²) in [6, 6.07) is 22.7. The molecule has 8 heteroatoms. The monoisotopic (exact) mass is 506 g/mol. The van der Waals surface area contributed by atoms with Crippen LogP contribution in [0.5, 0.6) is 0 Å². The molecule has 0 amide bonds. The van der Waals surface area contributed by atoms with Crippen molar-refractivity contribution in [1.29, 1.82) is 0 Å². The van der Waals surface area contributed by atoms with E-state index < -0.39 is 50.7 Å². The van der Waals surface area contributed by atoms with Gasteiger partial charge in [0, 0.05) is 0 Å². The van der Waals surface area contributed by atoms with E-state index in [2.05, 4.69) is 0 Å². The van der Waals surface area contributed by atoms with Gasteiger partial charge in [0.05, 0.1) is 0 Å². The first-order chi connectivity index (χ1) is 16.3. The lowest BCUT2D eigenvalue weighted by Gasteiger charge is -2.24. The molecule has 0 saturated heterocycles. The zero-order valence-electron chi connectivity index (χ0n) is 17.7. The zero-order chi connectivity index (χ0) is 24.2. The fourth-order valence-electron chi connectivity index (χ4n) is 3.63. The normalized spacial score (nSPS) is 11.4. The van der Waals surface area contributed by atoms with Crippen LogP contribution in [0.2, 0.25) is 0 Å². The summed E-state index contributed by atoms with van der Waals surface area (Å²) in [6.07, 6.45) is 0.816. The number of hydrogen-bond donors (Lipinski definition) is 0. The van der Waals surface area contributed by atoms with Crippen molar-refractivity contribution in [2.45, 2.75) is 0 Å². The average molecular weight is 506 g/mol. The molecule has 0 radical (unpaired) electrons. The highest BCUT2D eigenvalue weighted by molar-refractivity contribution is 7.76. The van der Waals surface area contributed by atoms with Crippen LogP contribution in [-0.2, 0) is 0 Å². The van der Waals surface area contributed by atoms with E-state index in [0.717, 1.165) is 34.9 Å². The molecule has 0 aliphatic rings. The Morgan fingerprint density at radius 2 is 0.706 bits per heavy atom. The summed E-state index contributed by atoms with van der Waals surface area (Å²) in [7, 11) is -2.65. The van der Waals surface area contributed by atoms with Crippen LogP contribution in [0.25, 0.3) is 0 Å². The van der Waals surface area contributed by atoms with Crippen molar-refractivity contribution >= 4 is 37.1 Å². The van der Waals surface area contributed by atoms with Crippen LogP contribution in [-0.4, -0.2) is 12.3 Å². The predicted molar refractivity (Wildman–Crippen MR) is 128 cm³/mol. The molecule has 34 heavy (non-hydrogen) atoms. The summed E-state index contributed by atoms with van der Waals surface area (Å²) in [5.74, 6) is -8.80. The average Bonchev–Trinajstić information content (AvgIpc) is 2.84. The first-order valence-corrected chi connectivity index (χ1v) is 13.3. The smallest absolute Gasteiger partial charge is 0.194 e. The molecule has 0 saturated carbocycles. The van der Waals surface area contributed by atoms with E-state index in [1.54, 1.807) is 0 Å². The molecule has 0 heterocycles. The molecule has 0 aliphatic heterocycles. The molecule has 4 aromatic carbocycles. The Morgan fingerprint density at radius 1 is 0.412 bits per heavy atom. The van der Waals surface area contributed by atoms with Gasteiger partial charge in [-0.1, -0.05) is 60.7 Å². The molecule has 4 rings (SSSR count). The van der Waals surface area contributed by atoms with Crippen LogP contribution in [0.4, 0.5) is 26.3 Å². The Labute approximate surface area is 195 Å². The summed E-state index contributed by atoms with van der Waals surface area (Å²) in [5.41, 5.74) is 0. The van der Waals surface area contributed by atoms with E-state index in [9.17, 15) is 26.3 Å². The summed E-state index contributed by atoms with van der Waals surface area (Å²) in [4.78, 5) is 0. The molecule has 0 aliphatic carbocycles. The summed E-state index contributed by atoms with van der Waals surface area (Å²) < 4.78 is 83.4. The van der Waals surface area contributed by atoms with Crippen molar-refractivity contribution in [2.75, 3.05) is 12.3 Å². The van der Waals surface area contributed by atoms with Crippen LogP contribution in [0.3, 0.4) is 0 Å². The molecule has 0 fully saturated rings. The number of hydrogen-bond acceptors (Lipinski definition) is 0. The van der Waals surface area contributed by atoms with Crippen molar-refractivity contribution in [3.8, 4) is 0 Å². The maximum atomic E-state index is 14.1. The summed E-state index contributed by atoms with van der Waals surface area (Å²) in [5, 5.41) is 2.28. The van der Waals surface area contributed by atoms with Gasteiger partial charge in [0.15, 0.2) is 34.9 Å². The minimum Gasteiger partial charge on any atom is -0.204 e. The standard InChI is InChI=1S/C26H18F6P2/c27-21-13-19(14-22(28)25(21)31)34(20-15-23(29)26(32)24(30)16-20)12-11-33(17-7-3-1-4-8-17)18-9-5-2-6-10-18/h1-10,13-16H,11-12H2. The van der Waals surface area contributed by atoms with E-state index in [4.69, 9.17) is 0 Å². The molecule has 4 aromatic rings. The molecular weight excluding hydrogens is 488 g/mol. The van der Waals surface area contributed by atoms with Crippen LogP contribution in [0.15, 0.2) is 84.9 Å². The maximum Gasteiger partial charge on any atom is 0.194 e. The van der Waals surface area contributed by atoms with Crippen molar-refractivity contribution in [1.82, 2.24) is 0 Å². The van der Waals surface area contributed by atoms with Gasteiger partial charge in [-0.05, 0) is 73.7 Å². The van der Waals surface area contributed by atoms with Crippen LogP contribution < -0.4 is 21.2 Å². The molecule has 0 spiro atoms. The van der Waals surface area contributed by atoms with E-state index >= 15 is 0 Å². The second-order valence-electron chi connectivity index (χ2n) is 7.42. The first kappa shape index (κ1) is 24.4. The fraction of sp³-hybridized carbons (Fsp3) is 0.0769. The van der Waals surface area contributed by atoms with E-state index in [1.165, 1.54) is 0 Å². The Kier molecular flexibility index (Phi) is 7.70. The fourth-order valence-corrected chi connectivity index (χ4v) is 9.00. The first-order valence-electron chi connectivity index (χ1n) is 10.3. The highest BCUT2D eigenvalue weighted by atomic mass is 31.1. The number of halogens is 6. The lowest BCUT2D eigenvalue weighted by Crippen LogP contribution is -2.22. The highest BCUT2D eigenvalue weighted by Gasteiger charge is 2.24. The van der Waals surface area contributed by atoms with Gasteiger partial charge >= 0.3 is 0 Å². The van der Waals surface area contributed by atoms with Gasteiger partial charge in [-0.15, -0.1) is 0 Å². The van der Waals surface area contributed by atoms with Crippen molar-refractivity contribution in [2.24, 2.45) is 0 Å². The molecule has 0 nitrogen and oxygen atoms in total. The lowest BCUT2D eigenvalue weighted by molar-refractivity contribution is 0.448. The van der Waals surface area contributed by atoms with Crippen LogP contribution >= 0.6 is 15.8 Å². The molecule has 0 aromatic heterocycles. The summed E-state index contributed by atoms with van der Waals surface area (Å²) >= 11 is 0. The van der Waals surface area contributed by atoms with Crippen LogP contribution in [0, 0.1) is 34.9 Å². The van der Waals surface area contributed by atoms with Gasteiger partial charge in [-0.2, -0.15) is 0 Å².